The molecule has 0 unspecified atom stereocenters. The number of hydrogen-bond acceptors (Lipinski definition) is 3. The SMILES string of the molecule is Cc1ccn(-c2cccc3c2CCC3)c(=O)c1C(=O)NCCc1cn2ccccc2n1. The van der Waals surface area contributed by atoms with E-state index in [0.29, 0.717) is 18.5 Å². The van der Waals surface area contributed by atoms with Gasteiger partial charge in [-0.1, -0.05) is 18.2 Å². The van der Waals surface area contributed by atoms with Crippen molar-refractivity contribution in [3.05, 3.63) is 99.4 Å². The molecule has 0 aliphatic heterocycles. The van der Waals surface area contributed by atoms with Crippen LogP contribution in [0.25, 0.3) is 11.3 Å². The molecule has 1 N–H and O–H groups in total. The van der Waals surface area contributed by atoms with Crippen LogP contribution in [-0.2, 0) is 19.3 Å². The Labute approximate surface area is 180 Å². The second kappa shape index (κ2) is 7.87. The highest BCUT2D eigenvalue weighted by molar-refractivity contribution is 5.95. The van der Waals surface area contributed by atoms with Gasteiger partial charge in [0.25, 0.3) is 11.5 Å². The molecule has 1 aromatic carbocycles. The zero-order valence-electron chi connectivity index (χ0n) is 17.5. The van der Waals surface area contributed by atoms with E-state index in [1.165, 1.54) is 11.1 Å². The first-order valence-corrected chi connectivity index (χ1v) is 10.7. The molecule has 4 aromatic rings. The van der Waals surface area contributed by atoms with Crippen LogP contribution in [0, 0.1) is 6.92 Å². The third kappa shape index (κ3) is 3.54. The van der Waals surface area contributed by atoms with Crippen molar-refractivity contribution in [3.63, 3.8) is 0 Å². The van der Waals surface area contributed by atoms with E-state index >= 15 is 0 Å². The van der Waals surface area contributed by atoms with Crippen LogP contribution in [0.15, 0.2) is 65.8 Å². The Morgan fingerprint density at radius 2 is 2.00 bits per heavy atom. The van der Waals surface area contributed by atoms with Crippen molar-refractivity contribution in [3.8, 4) is 5.69 Å². The van der Waals surface area contributed by atoms with E-state index < -0.39 is 0 Å². The van der Waals surface area contributed by atoms with E-state index in [1.54, 1.807) is 17.7 Å². The van der Waals surface area contributed by atoms with Gasteiger partial charge >= 0.3 is 0 Å². The van der Waals surface area contributed by atoms with Gasteiger partial charge in [-0.3, -0.25) is 14.2 Å². The number of rotatable bonds is 5. The van der Waals surface area contributed by atoms with Gasteiger partial charge in [-0.2, -0.15) is 0 Å². The van der Waals surface area contributed by atoms with E-state index in [2.05, 4.69) is 16.4 Å². The smallest absolute Gasteiger partial charge is 0.268 e. The maximum atomic E-state index is 13.3. The highest BCUT2D eigenvalue weighted by Crippen LogP contribution is 2.27. The van der Waals surface area contributed by atoms with Gasteiger partial charge in [-0.15, -0.1) is 0 Å². The van der Waals surface area contributed by atoms with Crippen LogP contribution in [0.2, 0.25) is 0 Å². The van der Waals surface area contributed by atoms with Gasteiger partial charge < -0.3 is 9.72 Å². The number of carbonyl (C=O) groups excluding carboxylic acids is 1. The normalized spacial score (nSPS) is 12.8. The van der Waals surface area contributed by atoms with Crippen LogP contribution in [0.5, 0.6) is 0 Å². The number of nitrogens with zero attached hydrogens (tertiary/aromatic N) is 3. The van der Waals surface area contributed by atoms with E-state index in [-0.39, 0.29) is 17.0 Å². The first-order valence-electron chi connectivity index (χ1n) is 10.7. The molecule has 0 fully saturated rings. The van der Waals surface area contributed by atoms with E-state index in [9.17, 15) is 9.59 Å². The Balaban J connectivity index is 1.37. The first kappa shape index (κ1) is 19.3. The standard InChI is InChI=1S/C25H24N4O2/c1-17-12-15-29(21-9-5-7-18-6-4-8-20(18)21)25(31)23(17)24(30)26-13-11-19-16-28-14-3-2-10-22(28)27-19/h2-3,5,7,9-10,12,14-16H,4,6,8,11,13H2,1H3,(H,26,30). The summed E-state index contributed by atoms with van der Waals surface area (Å²) in [5.41, 5.74) is 5.78. The van der Waals surface area contributed by atoms with Crippen molar-refractivity contribution in [2.24, 2.45) is 0 Å². The minimum Gasteiger partial charge on any atom is -0.351 e. The average molecular weight is 412 g/mol. The summed E-state index contributed by atoms with van der Waals surface area (Å²) in [4.78, 5) is 30.7. The molecule has 0 saturated heterocycles. The van der Waals surface area contributed by atoms with E-state index in [0.717, 1.165) is 36.3 Å². The first-order chi connectivity index (χ1) is 15.1. The second-order valence-electron chi connectivity index (χ2n) is 8.02. The minimum absolute atomic E-state index is 0.202. The summed E-state index contributed by atoms with van der Waals surface area (Å²) in [6.45, 7) is 2.22. The highest BCUT2D eigenvalue weighted by atomic mass is 16.2. The minimum atomic E-state index is -0.340. The van der Waals surface area contributed by atoms with Crippen molar-refractivity contribution in [1.29, 1.82) is 0 Å². The van der Waals surface area contributed by atoms with Crippen LogP contribution >= 0.6 is 0 Å². The predicted molar refractivity (Wildman–Crippen MR) is 120 cm³/mol. The van der Waals surface area contributed by atoms with Gasteiger partial charge in [-0.25, -0.2) is 4.98 Å². The van der Waals surface area contributed by atoms with E-state index in [1.807, 2.05) is 53.2 Å². The summed E-state index contributed by atoms with van der Waals surface area (Å²) in [5, 5.41) is 2.90. The molecule has 3 heterocycles. The van der Waals surface area contributed by atoms with Gasteiger partial charge in [0.1, 0.15) is 11.2 Å². The largest absolute Gasteiger partial charge is 0.351 e. The number of amides is 1. The maximum absolute atomic E-state index is 13.3. The summed E-state index contributed by atoms with van der Waals surface area (Å²) in [5.74, 6) is -0.340. The fraction of sp³-hybridized carbons (Fsp3) is 0.240. The topological polar surface area (TPSA) is 68.4 Å². The predicted octanol–water partition coefficient (Wildman–Crippen LogP) is 3.25. The Morgan fingerprint density at radius 1 is 1.10 bits per heavy atom. The van der Waals surface area contributed by atoms with Crippen molar-refractivity contribution in [2.45, 2.75) is 32.6 Å². The number of carbonyl (C=O) groups is 1. The van der Waals surface area contributed by atoms with Crippen LogP contribution in [0.4, 0.5) is 0 Å². The molecule has 0 bridgehead atoms. The lowest BCUT2D eigenvalue weighted by molar-refractivity contribution is 0.0951. The highest BCUT2D eigenvalue weighted by Gasteiger charge is 2.20. The van der Waals surface area contributed by atoms with Crippen LogP contribution in [-0.4, -0.2) is 26.4 Å². The third-order valence-corrected chi connectivity index (χ3v) is 5.99. The number of pyridine rings is 2. The molecule has 6 heteroatoms. The van der Waals surface area contributed by atoms with Crippen molar-refractivity contribution in [2.75, 3.05) is 6.54 Å². The lowest BCUT2D eigenvalue weighted by Gasteiger charge is -2.14. The van der Waals surface area contributed by atoms with Crippen LogP contribution in [0.1, 0.15) is 39.2 Å². The zero-order chi connectivity index (χ0) is 21.4. The fourth-order valence-corrected chi connectivity index (χ4v) is 4.42. The summed E-state index contributed by atoms with van der Waals surface area (Å²) in [6.07, 6.45) is 9.38. The summed E-state index contributed by atoms with van der Waals surface area (Å²) in [7, 11) is 0. The molecule has 31 heavy (non-hydrogen) atoms. The van der Waals surface area contributed by atoms with Gasteiger partial charge in [0.05, 0.1) is 11.4 Å². The fourth-order valence-electron chi connectivity index (χ4n) is 4.42. The quantitative estimate of drug-likeness (QED) is 0.547. The summed E-state index contributed by atoms with van der Waals surface area (Å²) >= 11 is 0. The second-order valence-corrected chi connectivity index (χ2v) is 8.02. The Hall–Kier alpha value is -3.67. The molecule has 6 nitrogen and oxygen atoms in total. The summed E-state index contributed by atoms with van der Waals surface area (Å²) < 4.78 is 3.57. The zero-order valence-corrected chi connectivity index (χ0v) is 17.5. The number of nitrogens with one attached hydrogen (secondary N) is 1. The van der Waals surface area contributed by atoms with Gasteiger partial charge in [-0.05, 0) is 67.1 Å². The Morgan fingerprint density at radius 3 is 2.87 bits per heavy atom. The Kier molecular flexibility index (Phi) is 4.90. The van der Waals surface area contributed by atoms with Crippen LogP contribution in [0.3, 0.4) is 0 Å². The molecule has 1 aliphatic carbocycles. The molecular formula is C25H24N4O2. The molecule has 1 aliphatic rings. The number of imidazole rings is 1. The molecule has 1 amide bonds. The number of benzene rings is 1. The van der Waals surface area contributed by atoms with Gasteiger partial charge in [0.15, 0.2) is 0 Å². The third-order valence-electron chi connectivity index (χ3n) is 5.99. The molecular weight excluding hydrogens is 388 g/mol. The van der Waals surface area contributed by atoms with Crippen molar-refractivity contribution >= 4 is 11.6 Å². The molecule has 0 saturated carbocycles. The number of aromatic nitrogens is 3. The Bertz CT molecular complexity index is 1320. The average Bonchev–Trinajstić information content (AvgIpc) is 3.40. The van der Waals surface area contributed by atoms with Crippen LogP contribution < -0.4 is 10.9 Å². The lowest BCUT2D eigenvalue weighted by atomic mass is 10.1. The van der Waals surface area contributed by atoms with Crippen molar-refractivity contribution in [1.82, 2.24) is 19.3 Å². The van der Waals surface area contributed by atoms with Crippen molar-refractivity contribution < 1.29 is 4.79 Å². The number of aryl methyl sites for hydroxylation is 2. The monoisotopic (exact) mass is 412 g/mol. The molecule has 0 radical (unpaired) electrons. The lowest BCUT2D eigenvalue weighted by Crippen LogP contribution is -2.34. The van der Waals surface area contributed by atoms with Gasteiger partial charge in [0, 0.05) is 31.6 Å². The molecule has 5 rings (SSSR count). The maximum Gasteiger partial charge on any atom is 0.268 e. The molecule has 0 atom stereocenters. The van der Waals surface area contributed by atoms with Gasteiger partial charge in [0.2, 0.25) is 0 Å². The van der Waals surface area contributed by atoms with E-state index in [4.69, 9.17) is 0 Å². The summed E-state index contributed by atoms with van der Waals surface area (Å²) in [6, 6.07) is 13.8. The number of hydrogen-bond donors (Lipinski definition) is 1. The number of fused-ring (bicyclic) bond motifs is 2. The molecule has 0 spiro atoms. The molecule has 3 aromatic heterocycles. The molecule has 156 valence electrons.